The maximum atomic E-state index is 10.6. The highest BCUT2D eigenvalue weighted by Gasteiger charge is 2.08. The number of nitro benzene ring substituents is 1. The number of ether oxygens (including phenoxy) is 1. The minimum Gasteiger partial charge on any atom is -0.456 e. The summed E-state index contributed by atoms with van der Waals surface area (Å²) in [6, 6.07) is 13.1. The number of non-ortho nitro benzene ring substituents is 1. The number of nitrogens with one attached hydrogen (secondary N) is 1. The second-order valence-corrected chi connectivity index (χ2v) is 4.33. The fourth-order valence-corrected chi connectivity index (χ4v) is 1.83. The van der Waals surface area contributed by atoms with Gasteiger partial charge in [0.05, 0.1) is 10.5 Å². The molecule has 0 atom stereocenters. The first kappa shape index (κ1) is 14.5. The van der Waals surface area contributed by atoms with Gasteiger partial charge in [-0.2, -0.15) is 5.26 Å². The first-order chi connectivity index (χ1) is 10.1. The zero-order chi connectivity index (χ0) is 15.2. The van der Waals surface area contributed by atoms with E-state index in [0.29, 0.717) is 23.6 Å². The van der Waals surface area contributed by atoms with Gasteiger partial charge in [0, 0.05) is 18.7 Å². The first-order valence-electron chi connectivity index (χ1n) is 6.24. The van der Waals surface area contributed by atoms with Gasteiger partial charge in [-0.15, -0.1) is 0 Å². The Morgan fingerprint density at radius 1 is 1.29 bits per heavy atom. The van der Waals surface area contributed by atoms with Gasteiger partial charge in [0.15, 0.2) is 0 Å². The Morgan fingerprint density at radius 3 is 2.57 bits per heavy atom. The van der Waals surface area contributed by atoms with Crippen molar-refractivity contribution in [2.45, 2.75) is 6.54 Å². The van der Waals surface area contributed by atoms with Crippen LogP contribution in [-0.4, -0.2) is 12.0 Å². The summed E-state index contributed by atoms with van der Waals surface area (Å²) in [5, 5.41) is 22.8. The van der Waals surface area contributed by atoms with Crippen molar-refractivity contribution in [3.63, 3.8) is 0 Å². The quantitative estimate of drug-likeness (QED) is 0.673. The van der Waals surface area contributed by atoms with Crippen molar-refractivity contribution in [3.8, 4) is 17.6 Å². The summed E-state index contributed by atoms with van der Waals surface area (Å²) >= 11 is 0. The molecule has 0 bridgehead atoms. The van der Waals surface area contributed by atoms with Crippen molar-refractivity contribution in [2.24, 2.45) is 0 Å². The van der Waals surface area contributed by atoms with Gasteiger partial charge >= 0.3 is 0 Å². The number of benzene rings is 2. The van der Waals surface area contributed by atoms with E-state index < -0.39 is 4.92 Å². The van der Waals surface area contributed by atoms with Crippen LogP contribution >= 0.6 is 0 Å². The monoisotopic (exact) mass is 283 g/mol. The molecule has 0 aliphatic carbocycles. The van der Waals surface area contributed by atoms with Gasteiger partial charge < -0.3 is 10.1 Å². The Labute approximate surface area is 121 Å². The van der Waals surface area contributed by atoms with Crippen molar-refractivity contribution < 1.29 is 9.66 Å². The Kier molecular flexibility index (Phi) is 4.49. The van der Waals surface area contributed by atoms with E-state index >= 15 is 0 Å². The maximum Gasteiger partial charge on any atom is 0.269 e. The molecule has 0 aliphatic rings. The van der Waals surface area contributed by atoms with Crippen molar-refractivity contribution in [1.82, 2.24) is 5.32 Å². The molecule has 0 heterocycles. The minimum atomic E-state index is -0.475. The SMILES string of the molecule is CNCc1ccc(Oc2ccc([N+](=O)[O-])cc2)c(C#N)c1. The average molecular weight is 283 g/mol. The van der Waals surface area contributed by atoms with Crippen LogP contribution in [0.4, 0.5) is 5.69 Å². The van der Waals surface area contributed by atoms with Crippen LogP contribution in [0.5, 0.6) is 11.5 Å². The van der Waals surface area contributed by atoms with Crippen molar-refractivity contribution >= 4 is 5.69 Å². The standard InChI is InChI=1S/C15H13N3O3/c1-17-10-11-2-7-15(12(8-11)9-16)21-14-5-3-13(4-6-14)18(19)20/h2-8,17H,10H2,1H3. The lowest BCUT2D eigenvalue weighted by molar-refractivity contribution is -0.384. The lowest BCUT2D eigenvalue weighted by Gasteiger charge is -2.09. The third kappa shape index (κ3) is 3.55. The maximum absolute atomic E-state index is 10.6. The van der Waals surface area contributed by atoms with E-state index in [2.05, 4.69) is 11.4 Å². The topological polar surface area (TPSA) is 88.2 Å². The number of nitro groups is 1. The number of hydrogen-bond acceptors (Lipinski definition) is 5. The zero-order valence-electron chi connectivity index (χ0n) is 11.4. The van der Waals surface area contributed by atoms with E-state index in [1.165, 1.54) is 24.3 Å². The molecule has 6 nitrogen and oxygen atoms in total. The largest absolute Gasteiger partial charge is 0.456 e. The molecule has 0 spiro atoms. The van der Waals surface area contributed by atoms with E-state index in [1.54, 1.807) is 12.1 Å². The van der Waals surface area contributed by atoms with Crippen LogP contribution in [0.15, 0.2) is 42.5 Å². The molecule has 2 aromatic rings. The van der Waals surface area contributed by atoms with E-state index in [-0.39, 0.29) is 5.69 Å². The highest BCUT2D eigenvalue weighted by atomic mass is 16.6. The lowest BCUT2D eigenvalue weighted by Crippen LogP contribution is -2.05. The van der Waals surface area contributed by atoms with Gasteiger partial charge in [-0.25, -0.2) is 0 Å². The predicted octanol–water partition coefficient (Wildman–Crippen LogP) is 2.98. The van der Waals surface area contributed by atoms with Crippen LogP contribution in [0.25, 0.3) is 0 Å². The molecular weight excluding hydrogens is 270 g/mol. The molecule has 0 aliphatic heterocycles. The van der Waals surface area contributed by atoms with E-state index in [9.17, 15) is 10.1 Å². The van der Waals surface area contributed by atoms with E-state index in [0.717, 1.165) is 5.56 Å². The van der Waals surface area contributed by atoms with Crippen LogP contribution in [0, 0.1) is 21.4 Å². The van der Waals surface area contributed by atoms with Crippen LogP contribution in [-0.2, 0) is 6.54 Å². The second-order valence-electron chi connectivity index (χ2n) is 4.33. The van der Waals surface area contributed by atoms with Gasteiger partial charge in [0.1, 0.15) is 17.6 Å². The van der Waals surface area contributed by atoms with Crippen LogP contribution in [0.2, 0.25) is 0 Å². The zero-order valence-corrected chi connectivity index (χ0v) is 11.4. The summed E-state index contributed by atoms with van der Waals surface area (Å²) in [6.07, 6.45) is 0. The number of nitrogens with zero attached hydrogens (tertiary/aromatic N) is 2. The van der Waals surface area contributed by atoms with Crippen LogP contribution < -0.4 is 10.1 Å². The third-order valence-electron chi connectivity index (χ3n) is 2.82. The predicted molar refractivity (Wildman–Crippen MR) is 77.1 cm³/mol. The molecule has 0 radical (unpaired) electrons. The molecule has 2 aromatic carbocycles. The molecule has 2 rings (SSSR count). The van der Waals surface area contributed by atoms with E-state index in [4.69, 9.17) is 10.00 Å². The smallest absolute Gasteiger partial charge is 0.269 e. The second kappa shape index (κ2) is 6.50. The normalized spacial score (nSPS) is 9.90. The lowest BCUT2D eigenvalue weighted by atomic mass is 10.1. The third-order valence-corrected chi connectivity index (χ3v) is 2.82. The molecule has 21 heavy (non-hydrogen) atoms. The summed E-state index contributed by atoms with van der Waals surface area (Å²) in [7, 11) is 1.83. The summed E-state index contributed by atoms with van der Waals surface area (Å²) in [5.41, 5.74) is 1.39. The molecule has 1 N–H and O–H groups in total. The summed E-state index contributed by atoms with van der Waals surface area (Å²) in [4.78, 5) is 10.1. The molecule has 0 saturated carbocycles. The molecule has 6 heteroatoms. The summed E-state index contributed by atoms with van der Waals surface area (Å²) in [5.74, 6) is 0.865. The Hall–Kier alpha value is -2.91. The Bertz CT molecular complexity index is 690. The van der Waals surface area contributed by atoms with Crippen LogP contribution in [0.1, 0.15) is 11.1 Å². The molecule has 0 aromatic heterocycles. The Balaban J connectivity index is 2.22. The molecule has 0 amide bonds. The fraction of sp³-hybridized carbons (Fsp3) is 0.133. The number of nitriles is 1. The van der Waals surface area contributed by atoms with Crippen molar-refractivity contribution in [3.05, 3.63) is 63.7 Å². The molecule has 0 unspecified atom stereocenters. The highest BCUT2D eigenvalue weighted by molar-refractivity contribution is 5.48. The average Bonchev–Trinajstić information content (AvgIpc) is 2.49. The summed E-state index contributed by atoms with van der Waals surface area (Å²) < 4.78 is 5.60. The van der Waals surface area contributed by atoms with Gasteiger partial charge in [0.2, 0.25) is 0 Å². The van der Waals surface area contributed by atoms with Gasteiger partial charge in [-0.1, -0.05) is 6.07 Å². The molecule has 0 fully saturated rings. The molecular formula is C15H13N3O3. The van der Waals surface area contributed by atoms with Crippen molar-refractivity contribution in [2.75, 3.05) is 7.05 Å². The van der Waals surface area contributed by atoms with Crippen LogP contribution in [0.3, 0.4) is 0 Å². The number of hydrogen-bond donors (Lipinski definition) is 1. The van der Waals surface area contributed by atoms with Gasteiger partial charge in [0.25, 0.3) is 5.69 Å². The van der Waals surface area contributed by atoms with E-state index in [1.807, 2.05) is 13.1 Å². The number of rotatable bonds is 5. The van der Waals surface area contributed by atoms with Gasteiger partial charge in [-0.05, 0) is 36.9 Å². The molecule has 0 saturated heterocycles. The van der Waals surface area contributed by atoms with Gasteiger partial charge in [-0.3, -0.25) is 10.1 Å². The Morgan fingerprint density at radius 2 is 2.00 bits per heavy atom. The fourth-order valence-electron chi connectivity index (χ4n) is 1.83. The molecule has 106 valence electrons. The first-order valence-corrected chi connectivity index (χ1v) is 6.24. The van der Waals surface area contributed by atoms with Crippen molar-refractivity contribution in [1.29, 1.82) is 5.26 Å². The minimum absolute atomic E-state index is 0.00720. The highest BCUT2D eigenvalue weighted by Crippen LogP contribution is 2.27. The summed E-state index contributed by atoms with van der Waals surface area (Å²) in [6.45, 7) is 0.659.